The van der Waals surface area contributed by atoms with Gasteiger partial charge in [0.15, 0.2) is 6.29 Å². The number of ether oxygens (including phenoxy) is 2. The Morgan fingerprint density at radius 2 is 2.00 bits per heavy atom. The highest BCUT2D eigenvalue weighted by molar-refractivity contribution is 5.05. The van der Waals surface area contributed by atoms with Gasteiger partial charge in [0, 0.05) is 18.8 Å². The van der Waals surface area contributed by atoms with Crippen molar-refractivity contribution in [2.45, 2.75) is 37.4 Å². The van der Waals surface area contributed by atoms with Gasteiger partial charge in [-0.2, -0.15) is 0 Å². The molecule has 2 aliphatic heterocycles. The maximum absolute atomic E-state index is 9.09. The van der Waals surface area contributed by atoms with Crippen molar-refractivity contribution in [1.29, 1.82) is 0 Å². The molecule has 2 heterocycles. The summed E-state index contributed by atoms with van der Waals surface area (Å²) in [4.78, 5) is 0. The van der Waals surface area contributed by atoms with Gasteiger partial charge >= 0.3 is 0 Å². The monoisotopic (exact) mass is 142 g/mol. The third-order valence-electron chi connectivity index (χ3n) is 2.79. The molecule has 0 bridgehead atoms. The second-order valence-electron chi connectivity index (χ2n) is 3.40. The molecule has 5 atom stereocenters. The Labute approximate surface area is 58.9 Å². The van der Waals surface area contributed by atoms with Gasteiger partial charge in [0.1, 0.15) is 0 Å². The zero-order valence-electron chi connectivity index (χ0n) is 5.56. The first kappa shape index (κ1) is 5.52. The van der Waals surface area contributed by atoms with Crippen molar-refractivity contribution in [3.63, 3.8) is 0 Å². The summed E-state index contributed by atoms with van der Waals surface area (Å²) in [7, 11) is 0. The molecule has 1 saturated carbocycles. The van der Waals surface area contributed by atoms with Crippen LogP contribution in [0.3, 0.4) is 0 Å². The van der Waals surface area contributed by atoms with Gasteiger partial charge in [0.05, 0.1) is 18.3 Å². The van der Waals surface area contributed by atoms with E-state index in [0.717, 1.165) is 12.8 Å². The fourth-order valence-corrected chi connectivity index (χ4v) is 2.27. The van der Waals surface area contributed by atoms with Crippen LogP contribution in [0.2, 0.25) is 0 Å². The van der Waals surface area contributed by atoms with Crippen LogP contribution in [0.15, 0.2) is 0 Å². The summed E-state index contributed by atoms with van der Waals surface area (Å²) in [6.45, 7) is 0. The average molecular weight is 142 g/mol. The molecule has 2 saturated heterocycles. The predicted molar refractivity (Wildman–Crippen MR) is 32.3 cm³/mol. The molecule has 3 aliphatic rings. The lowest BCUT2D eigenvalue weighted by atomic mass is 10.0. The maximum atomic E-state index is 9.09. The summed E-state index contributed by atoms with van der Waals surface area (Å²) < 4.78 is 10.6. The van der Waals surface area contributed by atoms with E-state index in [9.17, 15) is 0 Å². The topological polar surface area (TPSA) is 42.0 Å². The van der Waals surface area contributed by atoms with E-state index in [1.165, 1.54) is 0 Å². The number of rotatable bonds is 0. The molecular weight excluding hydrogens is 132 g/mol. The maximum Gasteiger partial charge on any atom is 0.155 e. The molecule has 3 fully saturated rings. The molecule has 3 rings (SSSR count). The molecule has 0 amide bonds. The summed E-state index contributed by atoms with van der Waals surface area (Å²) in [5, 5.41) is 9.09. The minimum atomic E-state index is -0.514. The minimum absolute atomic E-state index is 0.304. The van der Waals surface area contributed by atoms with Crippen LogP contribution in [0.1, 0.15) is 12.8 Å². The largest absolute Gasteiger partial charge is 0.369 e. The van der Waals surface area contributed by atoms with E-state index in [1.54, 1.807) is 0 Å². The molecule has 0 aromatic rings. The van der Waals surface area contributed by atoms with Crippen LogP contribution in [0.4, 0.5) is 0 Å². The molecular formula is C7H10O3. The fraction of sp³-hybridized carbons (Fsp3) is 1.00. The van der Waals surface area contributed by atoms with Crippen LogP contribution in [0.5, 0.6) is 0 Å². The van der Waals surface area contributed by atoms with Crippen LogP contribution < -0.4 is 0 Å². The molecule has 1 N–H and O–H groups in total. The molecule has 56 valence electrons. The Kier molecular flexibility index (Phi) is 0.854. The van der Waals surface area contributed by atoms with Crippen molar-refractivity contribution < 1.29 is 14.6 Å². The summed E-state index contributed by atoms with van der Waals surface area (Å²) >= 11 is 0. The number of epoxide rings is 1. The molecule has 0 aromatic carbocycles. The lowest BCUT2D eigenvalue weighted by Crippen LogP contribution is -2.14. The van der Waals surface area contributed by atoms with Gasteiger partial charge in [-0.3, -0.25) is 0 Å². The minimum Gasteiger partial charge on any atom is -0.369 e. The molecule has 0 unspecified atom stereocenters. The number of aliphatic hydroxyl groups is 1. The highest BCUT2D eigenvalue weighted by Gasteiger charge is 2.59. The van der Waals surface area contributed by atoms with E-state index in [0.29, 0.717) is 24.2 Å². The molecule has 3 nitrogen and oxygen atoms in total. The van der Waals surface area contributed by atoms with Gasteiger partial charge in [-0.25, -0.2) is 0 Å². The molecule has 0 aromatic heterocycles. The number of fused-ring (bicyclic) bond motifs is 3. The summed E-state index contributed by atoms with van der Waals surface area (Å²) in [6.07, 6.45) is 2.49. The zero-order chi connectivity index (χ0) is 6.72. The van der Waals surface area contributed by atoms with Crippen molar-refractivity contribution >= 4 is 0 Å². The van der Waals surface area contributed by atoms with Gasteiger partial charge in [-0.05, 0) is 0 Å². The van der Waals surface area contributed by atoms with Crippen LogP contribution in [-0.4, -0.2) is 29.7 Å². The summed E-state index contributed by atoms with van der Waals surface area (Å²) in [5.74, 6) is 0.500. The average Bonchev–Trinajstić information content (AvgIpc) is 2.40. The standard InChI is InChI=1S/C7H10O3/c8-6-1-3-4(9-6)2-5-7(3)10-5/h3-8H,1-2H2/t3-,4-,5+,6+,7-/m0/s1. The Morgan fingerprint density at radius 1 is 1.10 bits per heavy atom. The second kappa shape index (κ2) is 1.55. The summed E-state index contributed by atoms with van der Waals surface area (Å²) in [6, 6.07) is 0. The first-order valence-electron chi connectivity index (χ1n) is 3.83. The SMILES string of the molecule is O[C@H]1C[C@@H]2[C@@H]3O[C@@H]3C[C@@H]2O1. The third kappa shape index (κ3) is 0.557. The predicted octanol–water partition coefficient (Wildman–Crippen LogP) is -0.119. The Balaban J connectivity index is 1.82. The van der Waals surface area contributed by atoms with Crippen molar-refractivity contribution in [3.8, 4) is 0 Å². The number of hydrogen-bond acceptors (Lipinski definition) is 3. The van der Waals surface area contributed by atoms with E-state index in [2.05, 4.69) is 0 Å². The van der Waals surface area contributed by atoms with Gasteiger partial charge < -0.3 is 14.6 Å². The molecule has 1 aliphatic carbocycles. The lowest BCUT2D eigenvalue weighted by Gasteiger charge is -2.08. The fourth-order valence-electron chi connectivity index (χ4n) is 2.27. The second-order valence-corrected chi connectivity index (χ2v) is 3.40. The number of aliphatic hydroxyl groups excluding tert-OH is 1. The zero-order valence-corrected chi connectivity index (χ0v) is 5.56. The Morgan fingerprint density at radius 3 is 2.80 bits per heavy atom. The molecule has 0 spiro atoms. The molecule has 0 radical (unpaired) electrons. The quantitative estimate of drug-likeness (QED) is 0.479. The molecule has 10 heavy (non-hydrogen) atoms. The highest BCUT2D eigenvalue weighted by atomic mass is 16.6. The van der Waals surface area contributed by atoms with E-state index >= 15 is 0 Å². The lowest BCUT2D eigenvalue weighted by molar-refractivity contribution is -0.0943. The Bertz CT molecular complexity index is 168. The first-order valence-corrected chi connectivity index (χ1v) is 3.83. The van der Waals surface area contributed by atoms with Crippen LogP contribution in [0, 0.1) is 5.92 Å². The van der Waals surface area contributed by atoms with Gasteiger partial charge in [-0.1, -0.05) is 0 Å². The van der Waals surface area contributed by atoms with Gasteiger partial charge in [-0.15, -0.1) is 0 Å². The number of hydrogen-bond donors (Lipinski definition) is 1. The van der Waals surface area contributed by atoms with Crippen molar-refractivity contribution in [2.75, 3.05) is 0 Å². The van der Waals surface area contributed by atoms with E-state index in [-0.39, 0.29) is 0 Å². The van der Waals surface area contributed by atoms with E-state index in [4.69, 9.17) is 14.6 Å². The smallest absolute Gasteiger partial charge is 0.155 e. The van der Waals surface area contributed by atoms with E-state index < -0.39 is 6.29 Å². The molecule has 3 heteroatoms. The van der Waals surface area contributed by atoms with Crippen molar-refractivity contribution in [2.24, 2.45) is 5.92 Å². The third-order valence-corrected chi connectivity index (χ3v) is 2.79. The first-order chi connectivity index (χ1) is 4.84. The van der Waals surface area contributed by atoms with Crippen molar-refractivity contribution in [3.05, 3.63) is 0 Å². The van der Waals surface area contributed by atoms with Crippen LogP contribution >= 0.6 is 0 Å². The van der Waals surface area contributed by atoms with Crippen molar-refractivity contribution in [1.82, 2.24) is 0 Å². The van der Waals surface area contributed by atoms with E-state index in [1.807, 2.05) is 0 Å². The normalized spacial score (nSPS) is 63.9. The Hall–Kier alpha value is -0.120. The van der Waals surface area contributed by atoms with Crippen LogP contribution in [-0.2, 0) is 9.47 Å². The highest BCUT2D eigenvalue weighted by Crippen LogP contribution is 2.49. The summed E-state index contributed by atoms with van der Waals surface area (Å²) in [5.41, 5.74) is 0. The van der Waals surface area contributed by atoms with Crippen LogP contribution in [0.25, 0.3) is 0 Å². The van der Waals surface area contributed by atoms with Gasteiger partial charge in [0.25, 0.3) is 0 Å². The van der Waals surface area contributed by atoms with Gasteiger partial charge in [0.2, 0.25) is 0 Å².